The van der Waals surface area contributed by atoms with E-state index in [0.717, 1.165) is 11.3 Å². The number of ether oxygens (including phenoxy) is 1. The fraction of sp³-hybridized carbons (Fsp3) is 0.524. The van der Waals surface area contributed by atoms with Crippen LogP contribution >= 0.6 is 0 Å². The zero-order chi connectivity index (χ0) is 21.7. The van der Waals surface area contributed by atoms with Gasteiger partial charge >= 0.3 is 0 Å². The van der Waals surface area contributed by atoms with Crippen molar-refractivity contribution in [3.8, 4) is 5.75 Å². The number of hydrogen-bond donors (Lipinski definition) is 1. The van der Waals surface area contributed by atoms with Gasteiger partial charge in [-0.25, -0.2) is 8.42 Å². The van der Waals surface area contributed by atoms with Crippen molar-refractivity contribution in [2.45, 2.75) is 51.5 Å². The molecule has 1 aromatic carbocycles. The first kappa shape index (κ1) is 22.3. The minimum Gasteiger partial charge on any atom is -0.494 e. The fourth-order valence-corrected chi connectivity index (χ4v) is 5.49. The molecule has 0 unspecified atom stereocenters. The molecular formula is C21H29N3O5S. The first-order chi connectivity index (χ1) is 14.3. The van der Waals surface area contributed by atoms with Crippen LogP contribution in [0.25, 0.3) is 0 Å². The topological polar surface area (TPSA) is 102 Å². The predicted octanol–water partition coefficient (Wildman–Crippen LogP) is 2.80. The Labute approximate surface area is 177 Å². The van der Waals surface area contributed by atoms with Crippen molar-refractivity contribution in [3.63, 3.8) is 0 Å². The van der Waals surface area contributed by atoms with Crippen molar-refractivity contribution in [2.24, 2.45) is 5.92 Å². The van der Waals surface area contributed by atoms with Crippen LogP contribution < -0.4 is 10.1 Å². The number of rotatable bonds is 8. The predicted molar refractivity (Wildman–Crippen MR) is 112 cm³/mol. The Balaban J connectivity index is 1.47. The van der Waals surface area contributed by atoms with Gasteiger partial charge < -0.3 is 14.6 Å². The van der Waals surface area contributed by atoms with E-state index in [0.29, 0.717) is 57.0 Å². The van der Waals surface area contributed by atoms with Crippen LogP contribution in [0.4, 0.5) is 0 Å². The van der Waals surface area contributed by atoms with E-state index >= 15 is 0 Å². The lowest BCUT2D eigenvalue weighted by atomic mass is 9.94. The zero-order valence-electron chi connectivity index (χ0n) is 17.7. The molecule has 1 saturated heterocycles. The van der Waals surface area contributed by atoms with Gasteiger partial charge in [0.25, 0.3) is 0 Å². The molecule has 2 heterocycles. The van der Waals surface area contributed by atoms with Crippen LogP contribution in [0.15, 0.2) is 33.7 Å². The summed E-state index contributed by atoms with van der Waals surface area (Å²) in [6.07, 6.45) is 1.70. The summed E-state index contributed by atoms with van der Waals surface area (Å²) in [4.78, 5) is 12.5. The molecule has 0 radical (unpaired) electrons. The molecule has 2 aromatic rings. The molecule has 1 aromatic heterocycles. The van der Waals surface area contributed by atoms with E-state index in [2.05, 4.69) is 10.5 Å². The van der Waals surface area contributed by atoms with Crippen LogP contribution in [0.3, 0.4) is 0 Å². The quantitative estimate of drug-likeness (QED) is 0.684. The lowest BCUT2D eigenvalue weighted by Gasteiger charge is -2.30. The van der Waals surface area contributed by atoms with Crippen molar-refractivity contribution < 1.29 is 22.5 Å². The molecule has 0 saturated carbocycles. The zero-order valence-corrected chi connectivity index (χ0v) is 18.5. The molecule has 3 rings (SSSR count). The van der Waals surface area contributed by atoms with Crippen molar-refractivity contribution in [2.75, 3.05) is 19.7 Å². The summed E-state index contributed by atoms with van der Waals surface area (Å²) in [6, 6.07) is 7.65. The number of sulfonamides is 1. The van der Waals surface area contributed by atoms with E-state index in [1.807, 2.05) is 31.2 Å². The summed E-state index contributed by atoms with van der Waals surface area (Å²) < 4.78 is 37.7. The summed E-state index contributed by atoms with van der Waals surface area (Å²) in [7, 11) is -3.62. The Morgan fingerprint density at radius 1 is 1.23 bits per heavy atom. The van der Waals surface area contributed by atoms with Gasteiger partial charge in [-0.05, 0) is 57.2 Å². The van der Waals surface area contributed by atoms with E-state index in [-0.39, 0.29) is 16.7 Å². The van der Waals surface area contributed by atoms with Gasteiger partial charge in [-0.15, -0.1) is 0 Å². The van der Waals surface area contributed by atoms with Crippen molar-refractivity contribution in [1.82, 2.24) is 14.8 Å². The van der Waals surface area contributed by atoms with E-state index in [9.17, 15) is 13.2 Å². The van der Waals surface area contributed by atoms with Gasteiger partial charge in [0.05, 0.1) is 6.61 Å². The van der Waals surface area contributed by atoms with Crippen LogP contribution in [-0.2, 0) is 21.4 Å². The van der Waals surface area contributed by atoms with Crippen molar-refractivity contribution >= 4 is 15.9 Å². The summed E-state index contributed by atoms with van der Waals surface area (Å²) >= 11 is 0. The van der Waals surface area contributed by atoms with E-state index in [4.69, 9.17) is 9.26 Å². The Hall–Kier alpha value is -2.39. The third-order valence-electron chi connectivity index (χ3n) is 5.34. The average molecular weight is 436 g/mol. The van der Waals surface area contributed by atoms with Gasteiger partial charge in [0.15, 0.2) is 5.76 Å². The highest BCUT2D eigenvalue weighted by Gasteiger charge is 2.34. The molecule has 0 bridgehead atoms. The maximum atomic E-state index is 12.9. The van der Waals surface area contributed by atoms with Crippen LogP contribution in [0, 0.1) is 19.8 Å². The Kier molecular flexibility index (Phi) is 7.14. The van der Waals surface area contributed by atoms with Gasteiger partial charge in [-0.1, -0.05) is 17.3 Å². The first-order valence-corrected chi connectivity index (χ1v) is 11.7. The van der Waals surface area contributed by atoms with E-state index in [1.165, 1.54) is 4.31 Å². The minimum absolute atomic E-state index is 0.0177. The normalized spacial score (nSPS) is 15.8. The Morgan fingerprint density at radius 3 is 2.47 bits per heavy atom. The molecule has 164 valence electrons. The molecule has 0 spiro atoms. The second-order valence-electron chi connectivity index (χ2n) is 7.56. The maximum absolute atomic E-state index is 12.9. The van der Waals surface area contributed by atoms with Crippen LogP contribution in [0.2, 0.25) is 0 Å². The molecule has 1 aliphatic rings. The number of hydrogen-bond acceptors (Lipinski definition) is 6. The Bertz CT molecular complexity index is 942. The highest BCUT2D eigenvalue weighted by molar-refractivity contribution is 7.89. The van der Waals surface area contributed by atoms with Gasteiger partial charge in [0.1, 0.15) is 16.3 Å². The van der Waals surface area contributed by atoms with Gasteiger partial charge in [-0.3, -0.25) is 4.79 Å². The molecule has 1 aliphatic heterocycles. The minimum atomic E-state index is -3.62. The second kappa shape index (κ2) is 9.61. The summed E-state index contributed by atoms with van der Waals surface area (Å²) in [5, 5.41) is 6.69. The number of aryl methyl sites for hydroxylation is 2. The molecule has 9 heteroatoms. The highest BCUT2D eigenvalue weighted by atomic mass is 32.2. The number of amides is 1. The third kappa shape index (κ3) is 5.20. The third-order valence-corrected chi connectivity index (χ3v) is 7.48. The summed E-state index contributed by atoms with van der Waals surface area (Å²) in [5.41, 5.74) is 1.38. The number of aromatic nitrogens is 1. The maximum Gasteiger partial charge on any atom is 0.248 e. The first-order valence-electron chi connectivity index (χ1n) is 10.2. The van der Waals surface area contributed by atoms with E-state index in [1.54, 1.807) is 13.8 Å². The monoisotopic (exact) mass is 435 g/mol. The van der Waals surface area contributed by atoms with Gasteiger partial charge in [0.2, 0.25) is 15.9 Å². The number of carbonyl (C=O) groups is 1. The van der Waals surface area contributed by atoms with Gasteiger partial charge in [0, 0.05) is 26.1 Å². The standard InChI is InChI=1S/C21H29N3O5S/c1-4-28-19-7-5-18(6-8-19)14-22-20(25)13-17-9-11-24(12-10-17)30(26,27)21-15(2)23-29-16(21)3/h5-8,17H,4,9-14H2,1-3H3,(H,22,25). The van der Waals surface area contributed by atoms with Crippen LogP contribution in [0.5, 0.6) is 5.75 Å². The second-order valence-corrected chi connectivity index (χ2v) is 9.43. The van der Waals surface area contributed by atoms with E-state index < -0.39 is 10.0 Å². The molecule has 1 fully saturated rings. The van der Waals surface area contributed by atoms with Crippen LogP contribution in [-0.4, -0.2) is 43.5 Å². The SMILES string of the molecule is CCOc1ccc(CNC(=O)CC2CCN(S(=O)(=O)c3c(C)noc3C)CC2)cc1. The molecular weight excluding hydrogens is 406 g/mol. The molecule has 0 atom stereocenters. The number of carbonyl (C=O) groups excluding carboxylic acids is 1. The molecule has 1 N–H and O–H groups in total. The molecule has 0 aliphatic carbocycles. The molecule has 30 heavy (non-hydrogen) atoms. The lowest BCUT2D eigenvalue weighted by Crippen LogP contribution is -2.39. The molecule has 8 nitrogen and oxygen atoms in total. The fourth-order valence-electron chi connectivity index (χ4n) is 3.73. The number of nitrogens with one attached hydrogen (secondary N) is 1. The molecule has 1 amide bonds. The largest absolute Gasteiger partial charge is 0.494 e. The average Bonchev–Trinajstić information content (AvgIpc) is 3.07. The van der Waals surface area contributed by atoms with Crippen LogP contribution in [0.1, 0.15) is 43.2 Å². The lowest BCUT2D eigenvalue weighted by molar-refractivity contribution is -0.122. The van der Waals surface area contributed by atoms with Crippen molar-refractivity contribution in [3.05, 3.63) is 41.3 Å². The summed E-state index contributed by atoms with van der Waals surface area (Å²) in [6.45, 7) is 7.04. The highest BCUT2D eigenvalue weighted by Crippen LogP contribution is 2.28. The Morgan fingerprint density at radius 2 is 1.90 bits per heavy atom. The number of benzene rings is 1. The number of nitrogens with zero attached hydrogens (tertiary/aromatic N) is 2. The smallest absolute Gasteiger partial charge is 0.248 e. The van der Waals surface area contributed by atoms with Crippen molar-refractivity contribution in [1.29, 1.82) is 0 Å². The summed E-state index contributed by atoms with van der Waals surface area (Å²) in [5.74, 6) is 1.27. The number of piperidine rings is 1. The van der Waals surface area contributed by atoms with Gasteiger partial charge in [-0.2, -0.15) is 4.31 Å².